The fraction of sp³-hybridized carbons (Fsp3) is 0.280. The van der Waals surface area contributed by atoms with Gasteiger partial charge in [0.15, 0.2) is 0 Å². The smallest absolute Gasteiger partial charge is 0.481 e. The normalized spacial score (nSPS) is 13.8. The number of fused-ring (bicyclic) bond motifs is 1. The van der Waals surface area contributed by atoms with Gasteiger partial charge in [0.05, 0.1) is 29.7 Å². The second-order valence-electron chi connectivity index (χ2n) is 8.35. The Kier molecular flexibility index (Phi) is 6.31. The fourth-order valence-corrected chi connectivity index (χ4v) is 4.09. The number of carbonyl (C=O) groups excluding carboxylic acids is 1. The Bertz CT molecular complexity index is 1280. The van der Waals surface area contributed by atoms with Crippen LogP contribution in [0.4, 0.5) is 34.6 Å². The standard InChI is InChI=1S/C25H23F4N3O3/c1-14(2)19-11-16(26)5-8-21(19)31-13-32(20-9-10-23(34-4)30-15(20)3)24(33)18-7-6-17(12-22(18)31)35-25(27,28)29/h5-12,14H,13H2,1-4H3. The number of alkyl halides is 3. The van der Waals surface area contributed by atoms with Gasteiger partial charge in [-0.2, -0.15) is 0 Å². The van der Waals surface area contributed by atoms with E-state index in [0.717, 1.165) is 6.07 Å². The van der Waals surface area contributed by atoms with Gasteiger partial charge >= 0.3 is 6.36 Å². The first-order chi connectivity index (χ1) is 16.5. The predicted octanol–water partition coefficient (Wildman–Crippen LogP) is 6.32. The monoisotopic (exact) mass is 489 g/mol. The summed E-state index contributed by atoms with van der Waals surface area (Å²) in [5.74, 6) is -1.04. The van der Waals surface area contributed by atoms with Crippen molar-refractivity contribution >= 4 is 23.0 Å². The summed E-state index contributed by atoms with van der Waals surface area (Å²) in [4.78, 5) is 21.0. The van der Waals surface area contributed by atoms with Crippen LogP contribution >= 0.6 is 0 Å². The molecular weight excluding hydrogens is 466 g/mol. The van der Waals surface area contributed by atoms with Gasteiger partial charge < -0.3 is 14.4 Å². The molecule has 0 radical (unpaired) electrons. The Morgan fingerprint density at radius 1 is 0.971 bits per heavy atom. The first kappa shape index (κ1) is 24.3. The van der Waals surface area contributed by atoms with Crippen LogP contribution in [0.2, 0.25) is 0 Å². The summed E-state index contributed by atoms with van der Waals surface area (Å²) in [6, 6.07) is 11.1. The van der Waals surface area contributed by atoms with Crippen LogP contribution in [-0.4, -0.2) is 31.0 Å². The molecule has 35 heavy (non-hydrogen) atoms. The lowest BCUT2D eigenvalue weighted by Crippen LogP contribution is -2.45. The molecular formula is C25H23F4N3O3. The number of amides is 1. The van der Waals surface area contributed by atoms with E-state index in [-0.39, 0.29) is 23.8 Å². The number of anilines is 3. The summed E-state index contributed by atoms with van der Waals surface area (Å²) in [6.45, 7) is 5.45. The second kappa shape index (κ2) is 9.09. The van der Waals surface area contributed by atoms with Crippen LogP contribution in [-0.2, 0) is 0 Å². The van der Waals surface area contributed by atoms with Gasteiger partial charge in [-0.1, -0.05) is 13.8 Å². The van der Waals surface area contributed by atoms with E-state index in [9.17, 15) is 22.4 Å². The van der Waals surface area contributed by atoms with E-state index in [1.807, 2.05) is 13.8 Å². The van der Waals surface area contributed by atoms with E-state index in [1.165, 1.54) is 36.3 Å². The molecule has 1 amide bonds. The Morgan fingerprint density at radius 2 is 1.69 bits per heavy atom. The molecule has 2 heterocycles. The van der Waals surface area contributed by atoms with E-state index >= 15 is 0 Å². The van der Waals surface area contributed by atoms with Crippen LogP contribution in [0, 0.1) is 12.7 Å². The summed E-state index contributed by atoms with van der Waals surface area (Å²) in [5.41, 5.74) is 2.62. The molecule has 3 aromatic rings. The average molecular weight is 489 g/mol. The number of halogens is 4. The number of rotatable bonds is 5. The number of hydrogen-bond donors (Lipinski definition) is 0. The molecule has 1 aliphatic rings. The van der Waals surface area contributed by atoms with Gasteiger partial charge in [-0.3, -0.25) is 9.69 Å². The number of nitrogens with zero attached hydrogens (tertiary/aromatic N) is 3. The highest BCUT2D eigenvalue weighted by Crippen LogP contribution is 2.42. The molecule has 0 bridgehead atoms. The number of hydrogen-bond acceptors (Lipinski definition) is 5. The predicted molar refractivity (Wildman–Crippen MR) is 123 cm³/mol. The molecule has 0 atom stereocenters. The van der Waals surface area contributed by atoms with Crippen LogP contribution < -0.4 is 19.3 Å². The van der Waals surface area contributed by atoms with Crippen molar-refractivity contribution in [2.45, 2.75) is 33.1 Å². The topological polar surface area (TPSA) is 54.9 Å². The molecule has 0 fully saturated rings. The number of carbonyl (C=O) groups is 1. The van der Waals surface area contributed by atoms with E-state index < -0.39 is 23.8 Å². The van der Waals surface area contributed by atoms with Gasteiger partial charge in [-0.15, -0.1) is 13.2 Å². The molecule has 1 aliphatic heterocycles. The molecule has 6 nitrogen and oxygen atoms in total. The molecule has 0 saturated heterocycles. The zero-order chi connectivity index (χ0) is 25.5. The maximum atomic E-state index is 14.1. The Balaban J connectivity index is 1.90. The zero-order valence-electron chi connectivity index (χ0n) is 19.5. The van der Waals surface area contributed by atoms with Crippen molar-refractivity contribution in [2.75, 3.05) is 23.6 Å². The summed E-state index contributed by atoms with van der Waals surface area (Å²) in [7, 11) is 1.48. The molecule has 0 unspecified atom stereocenters. The highest BCUT2D eigenvalue weighted by Gasteiger charge is 2.36. The average Bonchev–Trinajstić information content (AvgIpc) is 2.78. The number of aryl methyl sites for hydroxylation is 1. The molecule has 10 heteroatoms. The quantitative estimate of drug-likeness (QED) is 0.393. The van der Waals surface area contributed by atoms with Crippen molar-refractivity contribution in [3.63, 3.8) is 0 Å². The van der Waals surface area contributed by atoms with Crippen molar-refractivity contribution in [3.05, 3.63) is 71.2 Å². The van der Waals surface area contributed by atoms with Gasteiger partial charge in [-0.05, 0) is 54.8 Å². The lowest BCUT2D eigenvalue weighted by Gasteiger charge is -2.39. The Hall–Kier alpha value is -3.82. The highest BCUT2D eigenvalue weighted by atomic mass is 19.4. The van der Waals surface area contributed by atoms with Crippen LogP contribution in [0.15, 0.2) is 48.5 Å². The maximum absolute atomic E-state index is 14.1. The highest BCUT2D eigenvalue weighted by molar-refractivity contribution is 6.13. The van der Waals surface area contributed by atoms with Crippen LogP contribution in [0.5, 0.6) is 11.6 Å². The zero-order valence-corrected chi connectivity index (χ0v) is 19.5. The largest absolute Gasteiger partial charge is 0.573 e. The molecule has 184 valence electrons. The minimum Gasteiger partial charge on any atom is -0.481 e. The van der Waals surface area contributed by atoms with Gasteiger partial charge in [-0.25, -0.2) is 9.37 Å². The molecule has 0 spiro atoms. The summed E-state index contributed by atoms with van der Waals surface area (Å²) in [6.07, 6.45) is -4.89. The van der Waals surface area contributed by atoms with E-state index in [2.05, 4.69) is 9.72 Å². The van der Waals surface area contributed by atoms with Gasteiger partial charge in [0.2, 0.25) is 5.88 Å². The Morgan fingerprint density at radius 3 is 2.31 bits per heavy atom. The van der Waals surface area contributed by atoms with Crippen molar-refractivity contribution in [2.24, 2.45) is 0 Å². The molecule has 2 aromatic carbocycles. The SMILES string of the molecule is COc1ccc(N2CN(c3ccc(F)cc3C(C)C)c3cc(OC(F)(F)F)ccc3C2=O)c(C)n1. The number of aromatic nitrogens is 1. The Labute approximate surface area is 199 Å². The third-order valence-corrected chi connectivity index (χ3v) is 5.69. The maximum Gasteiger partial charge on any atom is 0.573 e. The van der Waals surface area contributed by atoms with E-state index in [1.54, 1.807) is 30.0 Å². The minimum absolute atomic E-state index is 0.0402. The van der Waals surface area contributed by atoms with Gasteiger partial charge in [0, 0.05) is 17.8 Å². The fourth-order valence-electron chi connectivity index (χ4n) is 4.09. The van der Waals surface area contributed by atoms with Crippen molar-refractivity contribution in [1.82, 2.24) is 4.98 Å². The summed E-state index contributed by atoms with van der Waals surface area (Å²) < 4.78 is 62.1. The first-order valence-electron chi connectivity index (χ1n) is 10.8. The summed E-state index contributed by atoms with van der Waals surface area (Å²) in [5, 5.41) is 0. The number of ether oxygens (including phenoxy) is 2. The van der Waals surface area contributed by atoms with E-state index in [4.69, 9.17) is 4.74 Å². The van der Waals surface area contributed by atoms with Crippen LogP contribution in [0.3, 0.4) is 0 Å². The number of methoxy groups -OCH3 is 1. The first-order valence-corrected chi connectivity index (χ1v) is 10.8. The van der Waals surface area contributed by atoms with E-state index in [0.29, 0.717) is 28.5 Å². The molecule has 1 aromatic heterocycles. The number of pyridine rings is 1. The lowest BCUT2D eigenvalue weighted by atomic mass is 9.98. The lowest BCUT2D eigenvalue weighted by molar-refractivity contribution is -0.274. The molecule has 4 rings (SSSR count). The minimum atomic E-state index is -4.89. The van der Waals surface area contributed by atoms with Crippen LogP contribution in [0.25, 0.3) is 0 Å². The molecule has 0 N–H and O–H groups in total. The van der Waals surface area contributed by atoms with Crippen molar-refractivity contribution in [1.29, 1.82) is 0 Å². The van der Waals surface area contributed by atoms with Crippen LogP contribution in [0.1, 0.15) is 41.4 Å². The second-order valence-corrected chi connectivity index (χ2v) is 8.35. The number of benzene rings is 2. The van der Waals surface area contributed by atoms with Gasteiger partial charge in [0.25, 0.3) is 5.91 Å². The molecule has 0 aliphatic carbocycles. The third kappa shape index (κ3) is 4.87. The van der Waals surface area contributed by atoms with Gasteiger partial charge in [0.1, 0.15) is 18.2 Å². The van der Waals surface area contributed by atoms with Crippen molar-refractivity contribution in [3.8, 4) is 11.6 Å². The third-order valence-electron chi connectivity index (χ3n) is 5.69. The van der Waals surface area contributed by atoms with Crippen molar-refractivity contribution < 1.29 is 31.8 Å². The summed E-state index contributed by atoms with van der Waals surface area (Å²) >= 11 is 0. The molecule has 0 saturated carbocycles.